The normalized spacial score (nSPS) is 20.4. The quantitative estimate of drug-likeness (QED) is 0.325. The molecule has 3 unspecified atom stereocenters. The minimum Gasteiger partial charge on any atom is -0.493 e. The number of hydrogen-bond donors (Lipinski definition) is 1. The van der Waals surface area contributed by atoms with Crippen LogP contribution in [0, 0.1) is 5.92 Å². The highest BCUT2D eigenvalue weighted by atomic mass is 16.7. The van der Waals surface area contributed by atoms with Gasteiger partial charge in [0.15, 0.2) is 11.5 Å². The maximum atomic E-state index is 13.8. The fourth-order valence-corrected chi connectivity index (χ4v) is 5.97. The predicted octanol–water partition coefficient (Wildman–Crippen LogP) is 2.90. The lowest BCUT2D eigenvalue weighted by Gasteiger charge is -2.31. The number of quaternary nitrogens is 1. The molecule has 226 valence electrons. The standard InChI is InChI=1S/C30H45N5O6/c1-6-7-11-33(12-8-15-35(2,3)4)27(36)19-34-18-23(22-16-25(39-5)29-26(17-22)40-21-41-29)28(30(37)38)24(34)9-13-32-14-10-31-20-32/h10,14,16-17,20,23-24,28H,6-9,11-13,15,18-19,21H2,1-5H3/p+1. The van der Waals surface area contributed by atoms with Crippen molar-refractivity contribution in [3.63, 3.8) is 0 Å². The van der Waals surface area contributed by atoms with Gasteiger partial charge in [-0.2, -0.15) is 0 Å². The number of likely N-dealkylation sites (tertiary alicyclic amines) is 1. The number of aliphatic carboxylic acids is 1. The van der Waals surface area contributed by atoms with Crippen LogP contribution >= 0.6 is 0 Å². The van der Waals surface area contributed by atoms with Crippen molar-refractivity contribution in [2.45, 2.75) is 51.1 Å². The van der Waals surface area contributed by atoms with Crippen LogP contribution < -0.4 is 14.2 Å². The predicted molar refractivity (Wildman–Crippen MR) is 154 cm³/mol. The molecular weight excluding hydrogens is 526 g/mol. The first-order valence-corrected chi connectivity index (χ1v) is 14.6. The lowest BCUT2D eigenvalue weighted by Crippen LogP contribution is -2.45. The van der Waals surface area contributed by atoms with Crippen LogP contribution in [0.5, 0.6) is 17.2 Å². The van der Waals surface area contributed by atoms with E-state index >= 15 is 0 Å². The molecule has 1 aromatic carbocycles. The van der Waals surface area contributed by atoms with E-state index < -0.39 is 11.9 Å². The van der Waals surface area contributed by atoms with Crippen LogP contribution in [0.2, 0.25) is 0 Å². The molecule has 2 aliphatic rings. The number of imidazole rings is 1. The van der Waals surface area contributed by atoms with E-state index in [1.165, 1.54) is 0 Å². The average molecular weight is 573 g/mol. The van der Waals surface area contributed by atoms with E-state index in [-0.39, 0.29) is 31.2 Å². The first-order valence-electron chi connectivity index (χ1n) is 14.6. The first kappa shape index (κ1) is 30.6. The molecule has 1 saturated heterocycles. The number of aromatic nitrogens is 2. The highest BCUT2D eigenvalue weighted by Gasteiger charge is 2.47. The van der Waals surface area contributed by atoms with Gasteiger partial charge in [-0.3, -0.25) is 14.5 Å². The van der Waals surface area contributed by atoms with E-state index in [2.05, 4.69) is 38.0 Å². The molecule has 41 heavy (non-hydrogen) atoms. The van der Waals surface area contributed by atoms with E-state index in [9.17, 15) is 14.7 Å². The number of carboxylic acids is 1. The third-order valence-corrected chi connectivity index (χ3v) is 8.11. The number of ether oxygens (including phenoxy) is 3. The molecule has 2 aliphatic heterocycles. The highest BCUT2D eigenvalue weighted by Crippen LogP contribution is 2.47. The number of aryl methyl sites for hydroxylation is 1. The number of carbonyl (C=O) groups excluding carboxylic acids is 1. The largest absolute Gasteiger partial charge is 0.493 e. The molecule has 0 bridgehead atoms. The number of unbranched alkanes of at least 4 members (excludes halogenated alkanes) is 1. The van der Waals surface area contributed by atoms with Gasteiger partial charge in [0.2, 0.25) is 18.4 Å². The topological polar surface area (TPSA) is 106 Å². The monoisotopic (exact) mass is 572 g/mol. The zero-order valence-corrected chi connectivity index (χ0v) is 25.1. The van der Waals surface area contributed by atoms with Crippen LogP contribution in [-0.4, -0.2) is 115 Å². The summed E-state index contributed by atoms with van der Waals surface area (Å²) >= 11 is 0. The Morgan fingerprint density at radius 3 is 2.63 bits per heavy atom. The molecule has 0 spiro atoms. The fraction of sp³-hybridized carbons (Fsp3) is 0.633. The van der Waals surface area contributed by atoms with Gasteiger partial charge in [-0.05, 0) is 30.5 Å². The zero-order chi connectivity index (χ0) is 29.6. The third-order valence-electron chi connectivity index (χ3n) is 8.11. The molecule has 1 aromatic heterocycles. The number of carbonyl (C=O) groups is 2. The maximum absolute atomic E-state index is 13.8. The minimum absolute atomic E-state index is 0.0561. The van der Waals surface area contributed by atoms with Crippen molar-refractivity contribution in [1.29, 1.82) is 0 Å². The first-order chi connectivity index (χ1) is 19.6. The number of nitrogens with zero attached hydrogens (tertiary/aromatic N) is 5. The summed E-state index contributed by atoms with van der Waals surface area (Å²) in [6.45, 7) is 5.85. The van der Waals surface area contributed by atoms with E-state index in [1.807, 2.05) is 27.8 Å². The number of hydrogen-bond acceptors (Lipinski definition) is 7. The van der Waals surface area contributed by atoms with Gasteiger partial charge in [0.1, 0.15) is 0 Å². The van der Waals surface area contributed by atoms with E-state index in [0.717, 1.165) is 35.9 Å². The van der Waals surface area contributed by atoms with Crippen molar-refractivity contribution < 1.29 is 33.4 Å². The Kier molecular flexibility index (Phi) is 10.1. The van der Waals surface area contributed by atoms with Gasteiger partial charge in [0, 0.05) is 57.0 Å². The Balaban J connectivity index is 1.60. The van der Waals surface area contributed by atoms with Crippen LogP contribution in [0.15, 0.2) is 30.9 Å². The van der Waals surface area contributed by atoms with Gasteiger partial charge >= 0.3 is 5.97 Å². The zero-order valence-electron chi connectivity index (χ0n) is 25.1. The summed E-state index contributed by atoms with van der Waals surface area (Å²) in [6, 6.07) is 3.38. The maximum Gasteiger partial charge on any atom is 0.308 e. The van der Waals surface area contributed by atoms with E-state index in [4.69, 9.17) is 14.2 Å². The second kappa shape index (κ2) is 13.6. The Labute approximate surface area is 243 Å². The van der Waals surface area contributed by atoms with Gasteiger partial charge in [-0.15, -0.1) is 0 Å². The minimum atomic E-state index is -0.872. The van der Waals surface area contributed by atoms with Crippen LogP contribution in [0.25, 0.3) is 0 Å². The Hall–Kier alpha value is -3.31. The Morgan fingerprint density at radius 2 is 1.98 bits per heavy atom. The van der Waals surface area contributed by atoms with Gasteiger partial charge in [0.25, 0.3) is 0 Å². The molecule has 1 fully saturated rings. The van der Waals surface area contributed by atoms with Crippen molar-refractivity contribution in [1.82, 2.24) is 19.4 Å². The smallest absolute Gasteiger partial charge is 0.308 e. The molecule has 2 aromatic rings. The van der Waals surface area contributed by atoms with Crippen molar-refractivity contribution in [2.24, 2.45) is 5.92 Å². The van der Waals surface area contributed by atoms with Gasteiger partial charge in [-0.1, -0.05) is 13.3 Å². The molecule has 11 nitrogen and oxygen atoms in total. The number of rotatable bonds is 15. The number of benzene rings is 1. The molecule has 11 heteroatoms. The van der Waals surface area contributed by atoms with Crippen molar-refractivity contribution in [2.75, 3.05) is 67.8 Å². The van der Waals surface area contributed by atoms with Gasteiger partial charge < -0.3 is 33.3 Å². The van der Waals surface area contributed by atoms with E-state index in [1.54, 1.807) is 19.6 Å². The SMILES string of the molecule is CCCCN(CCC[N+](C)(C)C)C(=O)CN1CC(c2cc(OC)c3c(c2)OCO3)C(C(=O)O)C1CCn1ccnc1. The molecule has 0 aliphatic carbocycles. The van der Waals surface area contributed by atoms with Crippen molar-refractivity contribution in [3.8, 4) is 17.2 Å². The summed E-state index contributed by atoms with van der Waals surface area (Å²) in [4.78, 5) is 34.8. The lowest BCUT2D eigenvalue weighted by molar-refractivity contribution is -0.870. The molecule has 0 radical (unpaired) electrons. The highest BCUT2D eigenvalue weighted by molar-refractivity contribution is 5.79. The number of methoxy groups -OCH3 is 1. The van der Waals surface area contributed by atoms with E-state index in [0.29, 0.717) is 49.8 Å². The summed E-state index contributed by atoms with van der Waals surface area (Å²) in [5.41, 5.74) is 0.812. The van der Waals surface area contributed by atoms with Crippen molar-refractivity contribution >= 4 is 11.9 Å². The molecular formula is C30H46N5O6+. The Bertz CT molecular complexity index is 1160. The van der Waals surface area contributed by atoms with Crippen LogP contribution in [0.4, 0.5) is 0 Å². The van der Waals surface area contributed by atoms with Crippen LogP contribution in [-0.2, 0) is 16.1 Å². The van der Waals surface area contributed by atoms with Crippen LogP contribution in [0.1, 0.15) is 44.1 Å². The molecule has 3 heterocycles. The average Bonchev–Trinajstić information content (AvgIpc) is 3.68. The lowest BCUT2D eigenvalue weighted by atomic mass is 9.84. The second-order valence-corrected chi connectivity index (χ2v) is 12.1. The van der Waals surface area contributed by atoms with Crippen LogP contribution in [0.3, 0.4) is 0 Å². The fourth-order valence-electron chi connectivity index (χ4n) is 5.97. The molecule has 0 saturated carbocycles. The second-order valence-electron chi connectivity index (χ2n) is 12.1. The molecule has 4 rings (SSSR count). The molecule has 1 amide bonds. The number of amides is 1. The summed E-state index contributed by atoms with van der Waals surface area (Å²) in [5.74, 6) is -0.270. The van der Waals surface area contributed by atoms with Gasteiger partial charge in [0.05, 0.1) is 53.6 Å². The molecule has 1 N–H and O–H groups in total. The number of fused-ring (bicyclic) bond motifs is 1. The Morgan fingerprint density at radius 1 is 1.20 bits per heavy atom. The summed E-state index contributed by atoms with van der Waals surface area (Å²) in [5, 5.41) is 10.5. The van der Waals surface area contributed by atoms with Gasteiger partial charge in [-0.25, -0.2) is 4.98 Å². The summed E-state index contributed by atoms with van der Waals surface area (Å²) in [6.07, 6.45) is 8.77. The summed E-state index contributed by atoms with van der Waals surface area (Å²) in [7, 11) is 8.03. The number of carboxylic acid groups (broad SMARTS) is 1. The van der Waals surface area contributed by atoms with Crippen molar-refractivity contribution in [3.05, 3.63) is 36.4 Å². The third kappa shape index (κ3) is 7.71. The molecule has 3 atom stereocenters. The summed E-state index contributed by atoms with van der Waals surface area (Å²) < 4.78 is 19.6.